The SMILES string of the molecule is Cn1cnc2cc(C3C(CN)C3(C)C)ccc21. The van der Waals surface area contributed by atoms with Gasteiger partial charge in [0.15, 0.2) is 0 Å². The van der Waals surface area contributed by atoms with Gasteiger partial charge in [-0.1, -0.05) is 19.9 Å². The van der Waals surface area contributed by atoms with E-state index < -0.39 is 0 Å². The molecule has 3 nitrogen and oxygen atoms in total. The van der Waals surface area contributed by atoms with E-state index >= 15 is 0 Å². The van der Waals surface area contributed by atoms with Crippen LogP contribution in [0.25, 0.3) is 11.0 Å². The van der Waals surface area contributed by atoms with Gasteiger partial charge in [0.05, 0.1) is 17.4 Å². The van der Waals surface area contributed by atoms with Crippen LogP contribution in [0.15, 0.2) is 24.5 Å². The summed E-state index contributed by atoms with van der Waals surface area (Å²) in [5, 5.41) is 0. The number of fused-ring (bicyclic) bond motifs is 1. The number of nitrogens with two attached hydrogens (primary N) is 1. The fourth-order valence-electron chi connectivity index (χ4n) is 3.19. The average Bonchev–Trinajstić information content (AvgIpc) is 2.66. The van der Waals surface area contributed by atoms with E-state index in [-0.39, 0.29) is 0 Å². The van der Waals surface area contributed by atoms with Gasteiger partial charge in [-0.3, -0.25) is 0 Å². The fourth-order valence-corrected chi connectivity index (χ4v) is 3.19. The molecule has 0 amide bonds. The highest BCUT2D eigenvalue weighted by Gasteiger charge is 2.57. The Morgan fingerprint density at radius 1 is 1.41 bits per heavy atom. The molecule has 1 saturated carbocycles. The van der Waals surface area contributed by atoms with Crippen LogP contribution in [0.3, 0.4) is 0 Å². The summed E-state index contributed by atoms with van der Waals surface area (Å²) < 4.78 is 2.05. The number of rotatable bonds is 2. The molecule has 17 heavy (non-hydrogen) atoms. The maximum absolute atomic E-state index is 5.83. The Balaban J connectivity index is 2.03. The number of hydrogen-bond acceptors (Lipinski definition) is 2. The van der Waals surface area contributed by atoms with Crippen molar-refractivity contribution in [3.63, 3.8) is 0 Å². The molecule has 1 aromatic heterocycles. The van der Waals surface area contributed by atoms with Crippen LogP contribution in [0.1, 0.15) is 25.3 Å². The lowest BCUT2D eigenvalue weighted by Gasteiger charge is -2.03. The third-order valence-corrected chi connectivity index (χ3v) is 4.41. The Bertz CT molecular complexity index is 568. The van der Waals surface area contributed by atoms with Gasteiger partial charge in [0.25, 0.3) is 0 Å². The Kier molecular flexibility index (Phi) is 2.11. The minimum absolute atomic E-state index is 0.344. The molecule has 1 aromatic carbocycles. The first-order chi connectivity index (χ1) is 8.05. The van der Waals surface area contributed by atoms with Gasteiger partial charge in [0.2, 0.25) is 0 Å². The van der Waals surface area contributed by atoms with Crippen molar-refractivity contribution in [1.29, 1.82) is 0 Å². The summed E-state index contributed by atoms with van der Waals surface area (Å²) in [6.07, 6.45) is 1.87. The van der Waals surface area contributed by atoms with Crippen LogP contribution in [0, 0.1) is 11.3 Å². The molecule has 0 spiro atoms. The minimum Gasteiger partial charge on any atom is -0.334 e. The van der Waals surface area contributed by atoms with E-state index in [1.165, 1.54) is 11.1 Å². The van der Waals surface area contributed by atoms with E-state index in [0.717, 1.165) is 12.1 Å². The van der Waals surface area contributed by atoms with Gasteiger partial charge in [-0.05, 0) is 41.5 Å². The first-order valence-electron chi connectivity index (χ1n) is 6.16. The van der Waals surface area contributed by atoms with Gasteiger partial charge in [-0.15, -0.1) is 0 Å². The van der Waals surface area contributed by atoms with Gasteiger partial charge in [-0.2, -0.15) is 0 Å². The number of aryl methyl sites for hydroxylation is 1. The fraction of sp³-hybridized carbons (Fsp3) is 0.500. The van der Waals surface area contributed by atoms with Gasteiger partial charge in [0.1, 0.15) is 0 Å². The van der Waals surface area contributed by atoms with Gasteiger partial charge < -0.3 is 10.3 Å². The Morgan fingerprint density at radius 3 is 2.82 bits per heavy atom. The highest BCUT2D eigenvalue weighted by molar-refractivity contribution is 5.76. The lowest BCUT2D eigenvalue weighted by atomic mass is 10.0. The normalized spacial score (nSPS) is 26.4. The molecule has 90 valence electrons. The van der Waals surface area contributed by atoms with Crippen molar-refractivity contribution in [2.75, 3.05) is 6.54 Å². The zero-order valence-electron chi connectivity index (χ0n) is 10.6. The summed E-state index contributed by atoms with van der Waals surface area (Å²) in [6, 6.07) is 6.61. The maximum atomic E-state index is 5.83. The van der Waals surface area contributed by atoms with Crippen molar-refractivity contribution in [3.05, 3.63) is 30.1 Å². The van der Waals surface area contributed by atoms with Crippen LogP contribution in [-0.4, -0.2) is 16.1 Å². The average molecular weight is 229 g/mol. The second kappa shape index (κ2) is 3.33. The van der Waals surface area contributed by atoms with Crippen LogP contribution in [0.4, 0.5) is 0 Å². The summed E-state index contributed by atoms with van der Waals surface area (Å²) in [5.41, 5.74) is 9.84. The maximum Gasteiger partial charge on any atom is 0.0955 e. The lowest BCUT2D eigenvalue weighted by Crippen LogP contribution is -2.05. The Labute approximate surface area is 102 Å². The summed E-state index contributed by atoms with van der Waals surface area (Å²) in [6.45, 7) is 5.38. The summed E-state index contributed by atoms with van der Waals surface area (Å²) in [5.74, 6) is 1.21. The van der Waals surface area contributed by atoms with Crippen molar-refractivity contribution < 1.29 is 0 Å². The smallest absolute Gasteiger partial charge is 0.0955 e. The summed E-state index contributed by atoms with van der Waals surface area (Å²) in [7, 11) is 2.03. The predicted octanol–water partition coefficient (Wildman–Crippen LogP) is 2.27. The van der Waals surface area contributed by atoms with Gasteiger partial charge in [0, 0.05) is 7.05 Å². The molecule has 2 unspecified atom stereocenters. The molecular weight excluding hydrogens is 210 g/mol. The van der Waals surface area contributed by atoms with Gasteiger partial charge >= 0.3 is 0 Å². The Morgan fingerprint density at radius 2 is 2.18 bits per heavy atom. The van der Waals surface area contributed by atoms with Gasteiger partial charge in [-0.25, -0.2) is 4.98 Å². The second-order valence-electron chi connectivity index (χ2n) is 5.74. The Hall–Kier alpha value is -1.35. The zero-order valence-corrected chi connectivity index (χ0v) is 10.6. The van der Waals surface area contributed by atoms with Crippen LogP contribution in [0.2, 0.25) is 0 Å². The molecule has 0 saturated heterocycles. The minimum atomic E-state index is 0.344. The molecule has 2 atom stereocenters. The van der Waals surface area contributed by atoms with Crippen molar-refractivity contribution in [3.8, 4) is 0 Å². The van der Waals surface area contributed by atoms with Crippen LogP contribution < -0.4 is 5.73 Å². The molecule has 0 radical (unpaired) electrons. The summed E-state index contributed by atoms with van der Waals surface area (Å²) >= 11 is 0. The topological polar surface area (TPSA) is 43.8 Å². The molecule has 1 aliphatic carbocycles. The third-order valence-electron chi connectivity index (χ3n) is 4.41. The monoisotopic (exact) mass is 229 g/mol. The largest absolute Gasteiger partial charge is 0.334 e. The van der Waals surface area contributed by atoms with Crippen LogP contribution >= 0.6 is 0 Å². The number of imidazole rings is 1. The molecule has 0 bridgehead atoms. The molecule has 0 aliphatic heterocycles. The number of benzene rings is 1. The molecule has 2 aromatic rings. The standard InChI is InChI=1S/C14H19N3/c1-14(2)10(7-15)13(14)9-4-5-12-11(6-9)16-8-17(12)3/h4-6,8,10,13H,7,15H2,1-3H3. The zero-order chi connectivity index (χ0) is 12.2. The molecular formula is C14H19N3. The molecule has 1 aliphatic rings. The highest BCUT2D eigenvalue weighted by atomic mass is 15.0. The van der Waals surface area contributed by atoms with E-state index in [4.69, 9.17) is 5.73 Å². The van der Waals surface area contributed by atoms with Crippen molar-refractivity contribution >= 4 is 11.0 Å². The van der Waals surface area contributed by atoms with Crippen LogP contribution in [-0.2, 0) is 7.05 Å². The van der Waals surface area contributed by atoms with E-state index in [1.54, 1.807) is 0 Å². The second-order valence-corrected chi connectivity index (χ2v) is 5.74. The van der Waals surface area contributed by atoms with Crippen molar-refractivity contribution in [2.24, 2.45) is 24.1 Å². The molecule has 1 heterocycles. The number of nitrogens with zero attached hydrogens (tertiary/aromatic N) is 2. The highest BCUT2D eigenvalue weighted by Crippen LogP contribution is 2.63. The van der Waals surface area contributed by atoms with E-state index in [2.05, 4.69) is 41.6 Å². The van der Waals surface area contributed by atoms with E-state index in [9.17, 15) is 0 Å². The predicted molar refractivity (Wildman–Crippen MR) is 69.8 cm³/mol. The van der Waals surface area contributed by atoms with Crippen molar-refractivity contribution in [1.82, 2.24) is 9.55 Å². The molecule has 2 N–H and O–H groups in total. The van der Waals surface area contributed by atoms with E-state index in [0.29, 0.717) is 17.3 Å². The molecule has 3 heteroatoms. The quantitative estimate of drug-likeness (QED) is 0.858. The third kappa shape index (κ3) is 1.42. The number of aromatic nitrogens is 2. The van der Waals surface area contributed by atoms with Crippen molar-refractivity contribution in [2.45, 2.75) is 19.8 Å². The molecule has 3 rings (SSSR count). The lowest BCUT2D eigenvalue weighted by molar-refractivity contribution is 0.558. The van der Waals surface area contributed by atoms with E-state index in [1.807, 2.05) is 13.4 Å². The van der Waals surface area contributed by atoms with Crippen LogP contribution in [0.5, 0.6) is 0 Å². The first-order valence-corrected chi connectivity index (χ1v) is 6.16. The number of hydrogen-bond donors (Lipinski definition) is 1. The summed E-state index contributed by atoms with van der Waals surface area (Å²) in [4.78, 5) is 4.42. The first kappa shape index (κ1) is 10.8. The molecule has 1 fully saturated rings.